The number of amides is 1. The Hall–Kier alpha value is -5.07. The molecular formula is C51H60N2O8S. The highest BCUT2D eigenvalue weighted by atomic mass is 32.2. The number of hydrogen-bond acceptors (Lipinski definition) is 10. The van der Waals surface area contributed by atoms with E-state index in [-0.39, 0.29) is 57.1 Å². The number of hydrogen-bond donors (Lipinski definition) is 2. The van der Waals surface area contributed by atoms with Crippen LogP contribution < -0.4 is 9.47 Å². The number of oxime groups is 1. The molecule has 2 aliphatic carbocycles. The number of nitrogens with zero attached hydrogens (tertiary/aromatic N) is 2. The number of allylic oxidation sites excluding steroid dienone is 1. The van der Waals surface area contributed by atoms with Crippen molar-refractivity contribution in [2.75, 3.05) is 39.8 Å². The molecule has 11 heteroatoms. The van der Waals surface area contributed by atoms with Crippen molar-refractivity contribution in [2.45, 2.75) is 80.6 Å². The zero-order chi connectivity index (χ0) is 43.5. The fourth-order valence-corrected chi connectivity index (χ4v) is 10.2. The molecule has 328 valence electrons. The molecule has 10 nitrogen and oxygen atoms in total. The Bertz CT molecular complexity index is 2220. The van der Waals surface area contributed by atoms with Crippen LogP contribution in [0.5, 0.6) is 17.2 Å². The SMILES string of the molecule is C=CCCOC(=O)N(Cc1cccc2ccccc12)[C@H]1CC(=NOC)C2=C[C@H](CCCCO)[C@@H](CCCCO)[C@@H]3c4cc(Oc5ccc(SC)cc5)ccc4O[C@@]1(OCC=C)[C@H]23. The Balaban J connectivity index is 1.44. The smallest absolute Gasteiger partial charge is 0.410 e. The first-order valence-corrected chi connectivity index (χ1v) is 23.1. The van der Waals surface area contributed by atoms with E-state index in [4.69, 9.17) is 28.9 Å². The summed E-state index contributed by atoms with van der Waals surface area (Å²) in [5.74, 6) is 0.0872. The maximum absolute atomic E-state index is 14.8. The van der Waals surface area contributed by atoms with Crippen LogP contribution in [-0.4, -0.2) is 78.5 Å². The fraction of sp³-hybridized carbons (Fsp3) is 0.412. The second kappa shape index (κ2) is 21.3. The maximum Gasteiger partial charge on any atom is 0.410 e. The summed E-state index contributed by atoms with van der Waals surface area (Å²) in [6.45, 7) is 8.64. The van der Waals surface area contributed by atoms with Crippen LogP contribution in [0.25, 0.3) is 10.8 Å². The molecule has 1 saturated carbocycles. The predicted octanol–water partition coefficient (Wildman–Crippen LogP) is 10.8. The highest BCUT2D eigenvalue weighted by Gasteiger charge is 2.65. The van der Waals surface area contributed by atoms with Crippen molar-refractivity contribution in [3.05, 3.63) is 133 Å². The Morgan fingerprint density at radius 1 is 0.952 bits per heavy atom. The highest BCUT2D eigenvalue weighted by molar-refractivity contribution is 7.98. The molecule has 0 aromatic heterocycles. The summed E-state index contributed by atoms with van der Waals surface area (Å²) >= 11 is 1.68. The monoisotopic (exact) mass is 860 g/mol. The quantitative estimate of drug-likeness (QED) is 0.0365. The van der Waals surface area contributed by atoms with Gasteiger partial charge >= 0.3 is 6.09 Å². The second-order valence-electron chi connectivity index (χ2n) is 16.2. The van der Waals surface area contributed by atoms with Gasteiger partial charge in [0.15, 0.2) is 0 Å². The van der Waals surface area contributed by atoms with Gasteiger partial charge in [-0.1, -0.05) is 78.7 Å². The molecule has 3 aliphatic rings. The van der Waals surface area contributed by atoms with Crippen LogP contribution in [0, 0.1) is 17.8 Å². The van der Waals surface area contributed by atoms with E-state index < -0.39 is 23.8 Å². The van der Waals surface area contributed by atoms with Crippen LogP contribution in [-0.2, 0) is 20.9 Å². The van der Waals surface area contributed by atoms with Gasteiger partial charge in [-0.2, -0.15) is 0 Å². The van der Waals surface area contributed by atoms with Crippen molar-refractivity contribution in [1.82, 2.24) is 4.90 Å². The van der Waals surface area contributed by atoms with Crippen LogP contribution in [0.3, 0.4) is 0 Å². The number of rotatable bonds is 21. The second-order valence-corrected chi connectivity index (χ2v) is 17.1. The molecule has 1 fully saturated rings. The summed E-state index contributed by atoms with van der Waals surface area (Å²) < 4.78 is 27.2. The lowest BCUT2D eigenvalue weighted by Crippen LogP contribution is -2.70. The molecule has 6 atom stereocenters. The standard InChI is InChI=1S/C51H60N2O8S/c1-5-7-30-58-50(56)53(34-37-18-14-17-35-15-8-9-19-41(35)37)47-33-45(52-57-3)43-31-36(16-10-12-27-54)42(20-11-13-28-55)48-44-32-39(60-38-21-24-40(62-4)25-22-38)23-26-46(44)61-51(47,49(43)48)59-29-6-2/h5-6,8-9,14-15,17-19,21-26,31-32,36,42,47-49,54-55H,1-2,7,10-13,16,20,27-30,33-34H2,3-4H3/t36-,42+,47-,48+,49+,51+/m0/s1. The first-order chi connectivity index (χ1) is 30.4. The van der Waals surface area contributed by atoms with E-state index in [9.17, 15) is 15.0 Å². The van der Waals surface area contributed by atoms with E-state index in [0.29, 0.717) is 36.5 Å². The summed E-state index contributed by atoms with van der Waals surface area (Å²) in [7, 11) is 1.55. The van der Waals surface area contributed by atoms with E-state index in [1.165, 1.54) is 0 Å². The van der Waals surface area contributed by atoms with Gasteiger partial charge in [0.05, 0.1) is 31.4 Å². The molecule has 7 rings (SSSR count). The molecule has 4 aromatic rings. The molecule has 1 heterocycles. The minimum absolute atomic E-state index is 0.0630. The highest BCUT2D eigenvalue weighted by Crippen LogP contribution is 2.62. The lowest BCUT2D eigenvalue weighted by molar-refractivity contribution is -0.256. The summed E-state index contributed by atoms with van der Waals surface area (Å²) in [4.78, 5) is 23.3. The molecule has 62 heavy (non-hydrogen) atoms. The third-order valence-electron chi connectivity index (χ3n) is 12.5. The number of thioether (sulfide) groups is 1. The number of fused-ring (bicyclic) bond motifs is 3. The summed E-state index contributed by atoms with van der Waals surface area (Å²) in [6, 6.07) is 27.6. The topological polar surface area (TPSA) is 119 Å². The van der Waals surface area contributed by atoms with Crippen molar-refractivity contribution in [3.63, 3.8) is 0 Å². The summed E-state index contributed by atoms with van der Waals surface area (Å²) in [5.41, 5.74) is 3.59. The number of benzene rings is 4. The van der Waals surface area contributed by atoms with Crippen molar-refractivity contribution in [2.24, 2.45) is 22.9 Å². The summed E-state index contributed by atoms with van der Waals surface area (Å²) in [6.07, 6.45) is 12.7. The Morgan fingerprint density at radius 3 is 2.45 bits per heavy atom. The number of unbranched alkanes of at least 4 members (excludes halogenated alkanes) is 2. The van der Waals surface area contributed by atoms with E-state index in [1.807, 2.05) is 66.9 Å². The minimum Gasteiger partial charge on any atom is -0.459 e. The van der Waals surface area contributed by atoms with Gasteiger partial charge in [-0.15, -0.1) is 24.9 Å². The molecular weight excluding hydrogens is 801 g/mol. The number of carbonyl (C=O) groups is 1. The first-order valence-electron chi connectivity index (χ1n) is 21.8. The maximum atomic E-state index is 14.8. The molecule has 1 amide bonds. The van der Waals surface area contributed by atoms with Gasteiger partial charge in [-0.25, -0.2) is 4.79 Å². The van der Waals surface area contributed by atoms with Crippen LogP contribution in [0.2, 0.25) is 0 Å². The molecule has 4 aromatic carbocycles. The molecule has 0 bridgehead atoms. The van der Waals surface area contributed by atoms with Crippen LogP contribution >= 0.6 is 11.8 Å². The van der Waals surface area contributed by atoms with Gasteiger partial charge in [0.1, 0.15) is 30.4 Å². The average molecular weight is 861 g/mol. The van der Waals surface area contributed by atoms with Crippen molar-refractivity contribution in [3.8, 4) is 17.2 Å². The number of carbonyl (C=O) groups excluding carboxylic acids is 1. The Morgan fingerprint density at radius 2 is 1.71 bits per heavy atom. The average Bonchev–Trinajstić information content (AvgIpc) is 3.29. The Kier molecular flexibility index (Phi) is 15.5. The van der Waals surface area contributed by atoms with Crippen molar-refractivity contribution in [1.29, 1.82) is 0 Å². The molecule has 0 radical (unpaired) electrons. The van der Waals surface area contributed by atoms with E-state index in [2.05, 4.69) is 43.5 Å². The third kappa shape index (κ3) is 9.61. The van der Waals surface area contributed by atoms with Crippen LogP contribution in [0.1, 0.15) is 68.4 Å². The number of aliphatic hydroxyl groups excluding tert-OH is 2. The van der Waals surface area contributed by atoms with Crippen molar-refractivity contribution >= 4 is 34.3 Å². The first kappa shape index (κ1) is 45.0. The van der Waals surface area contributed by atoms with Gasteiger partial charge in [-0.05, 0) is 115 Å². The molecule has 2 N–H and O–H groups in total. The van der Waals surface area contributed by atoms with Gasteiger partial charge in [0.25, 0.3) is 0 Å². The van der Waals surface area contributed by atoms with Crippen LogP contribution in [0.4, 0.5) is 4.79 Å². The van der Waals surface area contributed by atoms with Crippen LogP contribution in [0.15, 0.2) is 132 Å². The number of aliphatic hydroxyl groups is 2. The van der Waals surface area contributed by atoms with E-state index in [0.717, 1.165) is 63.8 Å². The minimum atomic E-state index is -1.44. The largest absolute Gasteiger partial charge is 0.459 e. The van der Waals surface area contributed by atoms with Gasteiger partial charge in [-0.3, -0.25) is 4.90 Å². The lowest BCUT2D eigenvalue weighted by Gasteiger charge is -2.59. The molecule has 0 saturated heterocycles. The molecule has 1 aliphatic heterocycles. The predicted molar refractivity (Wildman–Crippen MR) is 246 cm³/mol. The zero-order valence-electron chi connectivity index (χ0n) is 36.0. The normalized spacial score (nSPS) is 23.1. The van der Waals surface area contributed by atoms with Gasteiger partial charge in [0.2, 0.25) is 5.79 Å². The van der Waals surface area contributed by atoms with E-state index >= 15 is 0 Å². The van der Waals surface area contributed by atoms with Gasteiger partial charge in [0, 0.05) is 36.0 Å². The fourth-order valence-electron chi connectivity index (χ4n) is 9.83. The van der Waals surface area contributed by atoms with Crippen molar-refractivity contribution < 1.29 is 38.8 Å². The van der Waals surface area contributed by atoms with Gasteiger partial charge < -0.3 is 34.0 Å². The third-order valence-corrected chi connectivity index (χ3v) is 13.3. The zero-order valence-corrected chi connectivity index (χ0v) is 36.8. The molecule has 0 unspecified atom stereocenters. The van der Waals surface area contributed by atoms with E-state index in [1.54, 1.807) is 35.9 Å². The molecule has 0 spiro atoms. The summed E-state index contributed by atoms with van der Waals surface area (Å²) in [5, 5.41) is 26.7. The lowest BCUT2D eigenvalue weighted by atomic mass is 9.55. The Labute approximate surface area is 370 Å². The number of ether oxygens (including phenoxy) is 4.